The summed E-state index contributed by atoms with van der Waals surface area (Å²) in [5, 5.41) is 6.31. The Kier molecular flexibility index (Phi) is 6.89. The molecule has 16 heavy (non-hydrogen) atoms. The van der Waals surface area contributed by atoms with Gasteiger partial charge in [-0.05, 0) is 0 Å². The van der Waals surface area contributed by atoms with Crippen molar-refractivity contribution in [2.24, 2.45) is 0 Å². The van der Waals surface area contributed by atoms with Gasteiger partial charge in [-0.2, -0.15) is 14.3 Å². The van der Waals surface area contributed by atoms with E-state index in [4.69, 9.17) is 0 Å². The quantitative estimate of drug-likeness (QED) is 0.500. The van der Waals surface area contributed by atoms with Gasteiger partial charge in [0.2, 0.25) is 0 Å². The molecule has 0 aliphatic heterocycles. The minimum atomic E-state index is -0.585. The standard InChI is InChI=1S/C9H27N6P/c1-10(2)13(7)16(14(8)11(3)4)15(9)12(5)6/h1-9H3. The normalized spacial score (nSPS) is 13.5. The third-order valence-corrected chi connectivity index (χ3v) is 5.14. The average molecular weight is 250 g/mol. The summed E-state index contributed by atoms with van der Waals surface area (Å²) in [6, 6.07) is 0. The molecule has 0 atom stereocenters. The second kappa shape index (κ2) is 6.81. The molecule has 0 bridgehead atoms. The Balaban J connectivity index is 4.89. The minimum absolute atomic E-state index is 0.585. The third-order valence-electron chi connectivity index (χ3n) is 2.51. The molecule has 0 N–H and O–H groups in total. The summed E-state index contributed by atoms with van der Waals surface area (Å²) in [6.07, 6.45) is 0. The van der Waals surface area contributed by atoms with Crippen LogP contribution in [0.5, 0.6) is 0 Å². The van der Waals surface area contributed by atoms with Gasteiger partial charge < -0.3 is 0 Å². The van der Waals surface area contributed by atoms with Crippen molar-refractivity contribution in [3.8, 4) is 0 Å². The second-order valence-corrected chi connectivity index (χ2v) is 6.55. The van der Waals surface area contributed by atoms with Gasteiger partial charge in [0.15, 0.2) is 8.37 Å². The number of hydrogen-bond acceptors (Lipinski definition) is 6. The lowest BCUT2D eigenvalue weighted by Crippen LogP contribution is -2.46. The topological polar surface area (TPSA) is 19.4 Å². The molecule has 0 aromatic carbocycles. The first-order valence-electron chi connectivity index (χ1n) is 5.22. The van der Waals surface area contributed by atoms with Crippen LogP contribution >= 0.6 is 8.37 Å². The fraction of sp³-hybridized carbons (Fsp3) is 1.00. The molecule has 7 heteroatoms. The van der Waals surface area contributed by atoms with Crippen LogP contribution in [0.1, 0.15) is 0 Å². The number of hydrazine groups is 3. The molecule has 0 heterocycles. The average Bonchev–Trinajstić information content (AvgIpc) is 2.16. The summed E-state index contributed by atoms with van der Waals surface area (Å²) in [6.45, 7) is 0. The van der Waals surface area contributed by atoms with Crippen molar-refractivity contribution in [3.63, 3.8) is 0 Å². The zero-order chi connectivity index (χ0) is 13.0. The second-order valence-electron chi connectivity index (χ2n) is 4.28. The summed E-state index contributed by atoms with van der Waals surface area (Å²) >= 11 is 0. The molecule has 0 saturated heterocycles. The van der Waals surface area contributed by atoms with Crippen molar-refractivity contribution in [1.82, 2.24) is 29.4 Å². The molecular weight excluding hydrogens is 223 g/mol. The fourth-order valence-corrected chi connectivity index (χ4v) is 3.13. The smallest absolute Gasteiger partial charge is 0.163 e. The van der Waals surface area contributed by atoms with Crippen molar-refractivity contribution in [3.05, 3.63) is 0 Å². The number of rotatable bonds is 6. The number of hydrogen-bond donors (Lipinski definition) is 0. The Morgan fingerprint density at radius 1 is 0.438 bits per heavy atom. The van der Waals surface area contributed by atoms with E-state index < -0.39 is 8.37 Å². The largest absolute Gasteiger partial charge is 0.242 e. The maximum atomic E-state index is 2.23. The van der Waals surface area contributed by atoms with E-state index in [1.165, 1.54) is 0 Å². The summed E-state index contributed by atoms with van der Waals surface area (Å²) in [7, 11) is 18.1. The van der Waals surface area contributed by atoms with Crippen LogP contribution in [-0.4, -0.2) is 92.8 Å². The number of nitrogens with zero attached hydrogens (tertiary/aromatic N) is 6. The van der Waals surface area contributed by atoms with Crippen LogP contribution in [0, 0.1) is 0 Å². The van der Waals surface area contributed by atoms with E-state index >= 15 is 0 Å². The molecule has 0 spiro atoms. The maximum Gasteiger partial charge on any atom is 0.163 e. The lowest BCUT2D eigenvalue weighted by atomic mass is 11.1. The van der Waals surface area contributed by atoms with Crippen LogP contribution in [0.3, 0.4) is 0 Å². The summed E-state index contributed by atoms with van der Waals surface area (Å²) in [5.41, 5.74) is 0. The van der Waals surface area contributed by atoms with Gasteiger partial charge in [-0.15, -0.1) is 0 Å². The molecule has 0 saturated carbocycles. The van der Waals surface area contributed by atoms with E-state index in [0.717, 1.165) is 0 Å². The van der Waals surface area contributed by atoms with Gasteiger partial charge in [0.05, 0.1) is 0 Å². The van der Waals surface area contributed by atoms with E-state index in [1.54, 1.807) is 0 Å². The third kappa shape index (κ3) is 4.22. The van der Waals surface area contributed by atoms with Gasteiger partial charge in [-0.25, -0.2) is 15.0 Å². The van der Waals surface area contributed by atoms with Gasteiger partial charge in [0.1, 0.15) is 0 Å². The molecule has 0 aliphatic rings. The minimum Gasteiger partial charge on any atom is -0.242 e. The lowest BCUT2D eigenvalue weighted by Gasteiger charge is -2.46. The van der Waals surface area contributed by atoms with Gasteiger partial charge in [0, 0.05) is 63.4 Å². The van der Waals surface area contributed by atoms with Crippen LogP contribution < -0.4 is 0 Å². The molecule has 0 amide bonds. The first-order chi connectivity index (χ1) is 7.20. The van der Waals surface area contributed by atoms with Crippen molar-refractivity contribution >= 4 is 8.37 Å². The highest BCUT2D eigenvalue weighted by molar-refractivity contribution is 7.49. The Hall–Kier alpha value is 0.190. The molecule has 98 valence electrons. The predicted octanol–water partition coefficient (Wildman–Crippen LogP) is 0.439. The van der Waals surface area contributed by atoms with Gasteiger partial charge in [0.25, 0.3) is 0 Å². The SMILES string of the molecule is CN(C)N(C)P(N(C)N(C)C)N(C)N(C)C. The summed E-state index contributed by atoms with van der Waals surface area (Å²) in [4.78, 5) is 0. The molecule has 0 aromatic rings. The molecule has 0 fully saturated rings. The Morgan fingerprint density at radius 2 is 0.625 bits per heavy atom. The van der Waals surface area contributed by atoms with Gasteiger partial charge in [-0.3, -0.25) is 0 Å². The first-order valence-corrected chi connectivity index (χ1v) is 6.42. The van der Waals surface area contributed by atoms with Crippen LogP contribution in [0.2, 0.25) is 0 Å². The Morgan fingerprint density at radius 3 is 0.750 bits per heavy atom. The predicted molar refractivity (Wildman–Crippen MR) is 71.3 cm³/mol. The first kappa shape index (κ1) is 16.2. The molecule has 0 aromatic heterocycles. The van der Waals surface area contributed by atoms with Crippen molar-refractivity contribution in [2.45, 2.75) is 0 Å². The Labute approximate surface area is 102 Å². The lowest BCUT2D eigenvalue weighted by molar-refractivity contribution is 0.0634. The van der Waals surface area contributed by atoms with E-state index in [-0.39, 0.29) is 0 Å². The molecular formula is C9H27N6P. The van der Waals surface area contributed by atoms with E-state index in [1.807, 2.05) is 0 Å². The highest BCUT2D eigenvalue weighted by Crippen LogP contribution is 2.45. The van der Waals surface area contributed by atoms with Crippen molar-refractivity contribution in [2.75, 3.05) is 63.4 Å². The molecule has 0 rings (SSSR count). The van der Waals surface area contributed by atoms with Crippen LogP contribution in [0.4, 0.5) is 0 Å². The van der Waals surface area contributed by atoms with Gasteiger partial charge in [-0.1, -0.05) is 0 Å². The van der Waals surface area contributed by atoms with Crippen molar-refractivity contribution < 1.29 is 0 Å². The highest BCUT2D eigenvalue weighted by atomic mass is 31.2. The van der Waals surface area contributed by atoms with Crippen LogP contribution in [-0.2, 0) is 0 Å². The van der Waals surface area contributed by atoms with Crippen LogP contribution in [0.15, 0.2) is 0 Å². The monoisotopic (exact) mass is 250 g/mol. The fourth-order valence-electron chi connectivity index (χ4n) is 1.04. The van der Waals surface area contributed by atoms with Gasteiger partial charge >= 0.3 is 0 Å². The van der Waals surface area contributed by atoms with Crippen LogP contribution in [0.25, 0.3) is 0 Å². The zero-order valence-electron chi connectivity index (χ0n) is 12.1. The molecule has 6 nitrogen and oxygen atoms in total. The molecule has 0 aliphatic carbocycles. The molecule has 0 unspecified atom stereocenters. The Bertz CT molecular complexity index is 165. The molecule has 0 radical (unpaired) electrons. The van der Waals surface area contributed by atoms with Crippen molar-refractivity contribution in [1.29, 1.82) is 0 Å². The van der Waals surface area contributed by atoms with E-state index in [0.29, 0.717) is 0 Å². The van der Waals surface area contributed by atoms with E-state index in [9.17, 15) is 0 Å². The van der Waals surface area contributed by atoms with E-state index in [2.05, 4.69) is 92.8 Å². The summed E-state index contributed by atoms with van der Waals surface area (Å²) in [5.74, 6) is 0. The maximum absolute atomic E-state index is 2.23. The summed E-state index contributed by atoms with van der Waals surface area (Å²) < 4.78 is 6.69. The zero-order valence-corrected chi connectivity index (χ0v) is 13.0. The highest BCUT2D eigenvalue weighted by Gasteiger charge is 2.28.